The molecule has 1 heterocycles. The number of primary amides is 1. The van der Waals surface area contributed by atoms with E-state index in [0.717, 1.165) is 12.4 Å². The summed E-state index contributed by atoms with van der Waals surface area (Å²) in [5, 5.41) is 0. The van der Waals surface area contributed by atoms with Crippen LogP contribution in [0.4, 0.5) is 5.95 Å². The van der Waals surface area contributed by atoms with Crippen molar-refractivity contribution in [1.29, 1.82) is 0 Å². The van der Waals surface area contributed by atoms with E-state index in [-0.39, 0.29) is 17.3 Å². The molecule has 0 aliphatic carbocycles. The van der Waals surface area contributed by atoms with Crippen molar-refractivity contribution in [1.82, 2.24) is 14.7 Å². The first kappa shape index (κ1) is 14.3. The third-order valence-corrected chi connectivity index (χ3v) is 3.64. The number of amides is 1. The van der Waals surface area contributed by atoms with E-state index < -0.39 is 21.5 Å². The number of nitrogens with two attached hydrogens (primary N) is 2. The fourth-order valence-corrected chi connectivity index (χ4v) is 2.66. The molecule has 18 heavy (non-hydrogen) atoms. The number of nitrogens with one attached hydrogen (secondary N) is 1. The molecule has 0 aromatic carbocycles. The van der Waals surface area contributed by atoms with E-state index in [1.54, 1.807) is 13.8 Å². The molecule has 0 saturated carbocycles. The van der Waals surface area contributed by atoms with Crippen LogP contribution in [0, 0.1) is 0 Å². The molecule has 1 rings (SSSR count). The van der Waals surface area contributed by atoms with Crippen LogP contribution < -0.4 is 16.2 Å². The molecule has 0 atom stereocenters. The molecule has 0 saturated heterocycles. The van der Waals surface area contributed by atoms with E-state index in [2.05, 4.69) is 14.7 Å². The predicted molar refractivity (Wildman–Crippen MR) is 64.7 cm³/mol. The van der Waals surface area contributed by atoms with Crippen molar-refractivity contribution in [2.45, 2.75) is 30.7 Å². The minimum absolute atomic E-state index is 0.0228. The largest absolute Gasteiger partial charge is 0.370 e. The molecule has 0 unspecified atom stereocenters. The average Bonchev–Trinajstić information content (AvgIpc) is 2.13. The van der Waals surface area contributed by atoms with Gasteiger partial charge in [0.25, 0.3) is 0 Å². The number of anilines is 1. The van der Waals surface area contributed by atoms with Gasteiger partial charge in [-0.05, 0) is 13.8 Å². The third-order valence-electron chi connectivity index (χ3n) is 1.99. The number of rotatable bonds is 5. The Balaban J connectivity index is 2.95. The molecule has 1 aromatic heterocycles. The Morgan fingerprint density at radius 1 is 1.39 bits per heavy atom. The van der Waals surface area contributed by atoms with Gasteiger partial charge < -0.3 is 11.5 Å². The van der Waals surface area contributed by atoms with E-state index in [0.29, 0.717) is 0 Å². The van der Waals surface area contributed by atoms with Crippen LogP contribution in [-0.2, 0) is 14.8 Å². The van der Waals surface area contributed by atoms with Gasteiger partial charge in [-0.1, -0.05) is 0 Å². The Hall–Kier alpha value is -1.74. The van der Waals surface area contributed by atoms with E-state index >= 15 is 0 Å². The van der Waals surface area contributed by atoms with Gasteiger partial charge in [0, 0.05) is 12.0 Å². The van der Waals surface area contributed by atoms with Crippen molar-refractivity contribution in [2.75, 3.05) is 5.73 Å². The first-order valence-electron chi connectivity index (χ1n) is 5.02. The molecule has 0 aliphatic rings. The van der Waals surface area contributed by atoms with Crippen molar-refractivity contribution in [3.8, 4) is 0 Å². The van der Waals surface area contributed by atoms with Gasteiger partial charge in [-0.25, -0.2) is 23.1 Å². The lowest BCUT2D eigenvalue weighted by Gasteiger charge is -2.24. The van der Waals surface area contributed by atoms with E-state index in [4.69, 9.17) is 11.5 Å². The highest BCUT2D eigenvalue weighted by atomic mass is 32.2. The maximum atomic E-state index is 12.0. The quantitative estimate of drug-likeness (QED) is 0.627. The molecule has 1 aromatic rings. The fourth-order valence-electron chi connectivity index (χ4n) is 1.36. The van der Waals surface area contributed by atoms with E-state index in [1.165, 1.54) is 0 Å². The summed E-state index contributed by atoms with van der Waals surface area (Å²) >= 11 is 0. The number of aromatic nitrogens is 2. The van der Waals surface area contributed by atoms with Gasteiger partial charge in [-0.15, -0.1) is 0 Å². The summed E-state index contributed by atoms with van der Waals surface area (Å²) in [7, 11) is -3.82. The van der Waals surface area contributed by atoms with Crippen LogP contribution in [0.25, 0.3) is 0 Å². The van der Waals surface area contributed by atoms with Gasteiger partial charge >= 0.3 is 0 Å². The van der Waals surface area contributed by atoms with Crippen LogP contribution in [-0.4, -0.2) is 29.8 Å². The number of sulfonamides is 1. The molecular weight excluding hydrogens is 258 g/mol. The topological polar surface area (TPSA) is 141 Å². The highest BCUT2D eigenvalue weighted by Gasteiger charge is 2.28. The van der Waals surface area contributed by atoms with E-state index in [1.807, 2.05) is 0 Å². The molecule has 0 bridgehead atoms. The summed E-state index contributed by atoms with van der Waals surface area (Å²) in [6, 6.07) is 0. The van der Waals surface area contributed by atoms with Crippen molar-refractivity contribution in [3.05, 3.63) is 12.4 Å². The van der Waals surface area contributed by atoms with Gasteiger partial charge in [0.15, 0.2) is 0 Å². The second-order valence-corrected chi connectivity index (χ2v) is 6.09. The lowest BCUT2D eigenvalue weighted by atomic mass is 10.0. The fraction of sp³-hybridized carbons (Fsp3) is 0.444. The smallest absolute Gasteiger partial charge is 0.244 e. The summed E-state index contributed by atoms with van der Waals surface area (Å²) in [4.78, 5) is 17.9. The normalized spacial score (nSPS) is 12.3. The average molecular weight is 273 g/mol. The highest BCUT2D eigenvalue weighted by molar-refractivity contribution is 7.89. The van der Waals surface area contributed by atoms with Gasteiger partial charge in [-0.2, -0.15) is 0 Å². The van der Waals surface area contributed by atoms with Gasteiger partial charge in [0.1, 0.15) is 4.90 Å². The third kappa shape index (κ3) is 3.93. The molecule has 0 spiro atoms. The van der Waals surface area contributed by atoms with Gasteiger partial charge in [0.05, 0.1) is 12.4 Å². The molecule has 0 radical (unpaired) electrons. The van der Waals surface area contributed by atoms with Crippen LogP contribution in [0.5, 0.6) is 0 Å². The summed E-state index contributed by atoms with van der Waals surface area (Å²) in [5.74, 6) is -0.624. The molecule has 1 amide bonds. The Morgan fingerprint density at radius 3 is 2.33 bits per heavy atom. The second-order valence-electron chi connectivity index (χ2n) is 4.41. The summed E-state index contributed by atoms with van der Waals surface area (Å²) in [6.07, 6.45) is 2.05. The zero-order chi connectivity index (χ0) is 14.0. The molecule has 0 aliphatic heterocycles. The number of carbonyl (C=O) groups is 1. The van der Waals surface area contributed by atoms with Crippen molar-refractivity contribution in [2.24, 2.45) is 5.73 Å². The van der Waals surface area contributed by atoms with Crippen LogP contribution >= 0.6 is 0 Å². The zero-order valence-electron chi connectivity index (χ0n) is 10.0. The zero-order valence-corrected chi connectivity index (χ0v) is 10.9. The Morgan fingerprint density at radius 2 is 1.89 bits per heavy atom. The number of nitrogens with zero attached hydrogens (tertiary/aromatic N) is 2. The molecular formula is C9H15N5O3S. The van der Waals surface area contributed by atoms with Crippen molar-refractivity contribution < 1.29 is 13.2 Å². The SMILES string of the molecule is CC(C)(CC(N)=O)NS(=O)(=O)c1cnc(N)nc1. The monoisotopic (exact) mass is 273 g/mol. The van der Waals surface area contributed by atoms with Crippen LogP contribution in [0.3, 0.4) is 0 Å². The lowest BCUT2D eigenvalue weighted by Crippen LogP contribution is -2.45. The Kier molecular flexibility index (Phi) is 3.87. The first-order valence-corrected chi connectivity index (χ1v) is 6.50. The summed E-state index contributed by atoms with van der Waals surface area (Å²) in [6.45, 7) is 3.10. The van der Waals surface area contributed by atoms with Crippen LogP contribution in [0.1, 0.15) is 20.3 Å². The number of hydrogen-bond acceptors (Lipinski definition) is 6. The molecule has 9 heteroatoms. The second kappa shape index (κ2) is 4.86. The molecule has 5 N–H and O–H groups in total. The Labute approximate surface area is 105 Å². The maximum absolute atomic E-state index is 12.0. The molecule has 0 fully saturated rings. The van der Waals surface area contributed by atoms with Crippen LogP contribution in [0.2, 0.25) is 0 Å². The summed E-state index contributed by atoms with van der Waals surface area (Å²) in [5.41, 5.74) is 9.31. The summed E-state index contributed by atoms with van der Waals surface area (Å²) < 4.78 is 26.3. The first-order chi connectivity index (χ1) is 8.12. The van der Waals surface area contributed by atoms with Gasteiger partial charge in [0.2, 0.25) is 21.9 Å². The predicted octanol–water partition coefficient (Wildman–Crippen LogP) is -1.01. The minimum atomic E-state index is -3.82. The molecule has 8 nitrogen and oxygen atoms in total. The number of hydrogen-bond donors (Lipinski definition) is 3. The minimum Gasteiger partial charge on any atom is -0.370 e. The lowest BCUT2D eigenvalue weighted by molar-refractivity contribution is -0.119. The highest BCUT2D eigenvalue weighted by Crippen LogP contribution is 2.14. The van der Waals surface area contributed by atoms with Crippen LogP contribution in [0.15, 0.2) is 17.3 Å². The van der Waals surface area contributed by atoms with Crippen molar-refractivity contribution in [3.63, 3.8) is 0 Å². The maximum Gasteiger partial charge on any atom is 0.244 e. The Bertz CT molecular complexity index is 538. The van der Waals surface area contributed by atoms with Crippen molar-refractivity contribution >= 4 is 21.9 Å². The van der Waals surface area contributed by atoms with E-state index in [9.17, 15) is 13.2 Å². The number of carbonyl (C=O) groups excluding carboxylic acids is 1. The standard InChI is InChI=1S/C9H15N5O3S/c1-9(2,3-7(10)15)14-18(16,17)6-4-12-8(11)13-5-6/h4-5,14H,3H2,1-2H3,(H2,10,15)(H2,11,12,13). The van der Waals surface area contributed by atoms with Gasteiger partial charge in [-0.3, -0.25) is 4.79 Å². The molecule has 100 valence electrons. The number of nitrogen functional groups attached to an aromatic ring is 1.